The molecule has 0 unspecified atom stereocenters. The van der Waals surface area contributed by atoms with E-state index in [9.17, 15) is 9.59 Å². The number of ether oxygens (including phenoxy) is 2. The van der Waals surface area contributed by atoms with Crippen molar-refractivity contribution >= 4 is 51.9 Å². The van der Waals surface area contributed by atoms with E-state index in [1.54, 1.807) is 42.5 Å². The van der Waals surface area contributed by atoms with Crippen LogP contribution in [0.3, 0.4) is 0 Å². The number of aromatic nitrogens is 2. The maximum Gasteiger partial charge on any atom is 0.344 e. The molecular formula is C16H12ClN3O4S. The lowest BCUT2D eigenvalue weighted by Crippen LogP contribution is -2.23. The maximum absolute atomic E-state index is 11.9. The van der Waals surface area contributed by atoms with Gasteiger partial charge >= 0.3 is 5.97 Å². The van der Waals surface area contributed by atoms with Gasteiger partial charge in [0.25, 0.3) is 5.91 Å². The molecule has 1 amide bonds. The summed E-state index contributed by atoms with van der Waals surface area (Å²) in [5.41, 5.74) is 1.80. The van der Waals surface area contributed by atoms with Gasteiger partial charge in [-0.15, -0.1) is 0 Å². The zero-order chi connectivity index (χ0) is 17.6. The molecule has 25 heavy (non-hydrogen) atoms. The van der Waals surface area contributed by atoms with Crippen LogP contribution in [0.1, 0.15) is 0 Å². The van der Waals surface area contributed by atoms with Crippen molar-refractivity contribution in [3.05, 3.63) is 47.5 Å². The van der Waals surface area contributed by atoms with Crippen LogP contribution in [0, 0.1) is 0 Å². The van der Waals surface area contributed by atoms with Crippen LogP contribution in [0.4, 0.5) is 5.69 Å². The Kier molecular flexibility index (Phi) is 5.42. The van der Waals surface area contributed by atoms with Crippen LogP contribution in [0.2, 0.25) is 5.02 Å². The van der Waals surface area contributed by atoms with Crippen LogP contribution in [0.5, 0.6) is 5.75 Å². The van der Waals surface area contributed by atoms with Gasteiger partial charge in [-0.2, -0.15) is 8.75 Å². The predicted octanol–water partition coefficient (Wildman–Crippen LogP) is 2.91. The van der Waals surface area contributed by atoms with Crippen molar-refractivity contribution in [1.82, 2.24) is 8.75 Å². The van der Waals surface area contributed by atoms with E-state index in [2.05, 4.69) is 14.1 Å². The number of fused-ring (bicyclic) bond motifs is 1. The van der Waals surface area contributed by atoms with Crippen molar-refractivity contribution < 1.29 is 19.1 Å². The lowest BCUT2D eigenvalue weighted by Gasteiger charge is -2.08. The molecule has 3 aromatic rings. The standard InChI is InChI=1S/C16H12ClN3O4S/c17-10-4-6-11(7-5-10)23-9-15(22)24-8-14(21)18-12-2-1-3-13-16(12)20-25-19-13/h1-7H,8-9H2,(H,18,21). The third-order valence-electron chi connectivity index (χ3n) is 3.09. The number of benzene rings is 2. The van der Waals surface area contributed by atoms with Crippen molar-refractivity contribution in [2.24, 2.45) is 0 Å². The second-order valence-electron chi connectivity index (χ2n) is 4.89. The van der Waals surface area contributed by atoms with E-state index in [0.29, 0.717) is 27.5 Å². The Morgan fingerprint density at radius 3 is 2.68 bits per heavy atom. The number of nitrogens with zero attached hydrogens (tertiary/aromatic N) is 2. The third kappa shape index (κ3) is 4.65. The molecule has 2 aromatic carbocycles. The molecule has 9 heteroatoms. The number of amides is 1. The number of carbonyl (C=O) groups excluding carboxylic acids is 2. The fourth-order valence-corrected chi connectivity index (χ4v) is 2.63. The molecule has 1 N–H and O–H groups in total. The van der Waals surface area contributed by atoms with E-state index in [1.165, 1.54) is 0 Å². The van der Waals surface area contributed by atoms with Gasteiger partial charge in [0.15, 0.2) is 13.2 Å². The molecule has 0 aliphatic carbocycles. The second kappa shape index (κ2) is 7.91. The van der Waals surface area contributed by atoms with Gasteiger partial charge in [0, 0.05) is 5.02 Å². The summed E-state index contributed by atoms with van der Waals surface area (Å²) in [6, 6.07) is 11.8. The van der Waals surface area contributed by atoms with Crippen molar-refractivity contribution in [3.8, 4) is 5.75 Å². The number of hydrogen-bond donors (Lipinski definition) is 1. The van der Waals surface area contributed by atoms with Gasteiger partial charge in [0.1, 0.15) is 16.8 Å². The van der Waals surface area contributed by atoms with E-state index in [0.717, 1.165) is 11.7 Å². The highest BCUT2D eigenvalue weighted by atomic mass is 35.5. The lowest BCUT2D eigenvalue weighted by atomic mass is 10.2. The van der Waals surface area contributed by atoms with Crippen LogP contribution >= 0.6 is 23.3 Å². The van der Waals surface area contributed by atoms with Crippen molar-refractivity contribution in [3.63, 3.8) is 0 Å². The van der Waals surface area contributed by atoms with E-state index in [1.807, 2.05) is 0 Å². The van der Waals surface area contributed by atoms with E-state index >= 15 is 0 Å². The molecule has 7 nitrogen and oxygen atoms in total. The molecule has 0 atom stereocenters. The Morgan fingerprint density at radius 2 is 1.88 bits per heavy atom. The number of rotatable bonds is 6. The van der Waals surface area contributed by atoms with Crippen LogP contribution in [0.15, 0.2) is 42.5 Å². The Labute approximate surface area is 151 Å². The first-order valence-corrected chi connectivity index (χ1v) is 8.28. The monoisotopic (exact) mass is 377 g/mol. The molecule has 0 aliphatic heterocycles. The molecule has 128 valence electrons. The minimum absolute atomic E-state index is 0.305. The van der Waals surface area contributed by atoms with Gasteiger partial charge < -0.3 is 14.8 Å². The van der Waals surface area contributed by atoms with E-state index in [4.69, 9.17) is 21.1 Å². The number of anilines is 1. The minimum atomic E-state index is -0.654. The first-order valence-electron chi connectivity index (χ1n) is 7.17. The van der Waals surface area contributed by atoms with Crippen molar-refractivity contribution in [2.45, 2.75) is 0 Å². The van der Waals surface area contributed by atoms with Gasteiger partial charge in [-0.1, -0.05) is 17.7 Å². The number of halogens is 1. The summed E-state index contributed by atoms with van der Waals surface area (Å²) in [5.74, 6) is -0.646. The highest BCUT2D eigenvalue weighted by Gasteiger charge is 2.11. The molecule has 0 spiro atoms. The normalized spacial score (nSPS) is 10.4. The lowest BCUT2D eigenvalue weighted by molar-refractivity contribution is -0.149. The van der Waals surface area contributed by atoms with Gasteiger partial charge in [-0.3, -0.25) is 4.79 Å². The van der Waals surface area contributed by atoms with E-state index < -0.39 is 18.5 Å². The summed E-state index contributed by atoms with van der Waals surface area (Å²) in [4.78, 5) is 23.5. The molecule has 0 saturated heterocycles. The average Bonchev–Trinajstić information content (AvgIpc) is 3.09. The smallest absolute Gasteiger partial charge is 0.344 e. The Morgan fingerprint density at radius 1 is 1.08 bits per heavy atom. The zero-order valence-electron chi connectivity index (χ0n) is 12.8. The topological polar surface area (TPSA) is 90.4 Å². The largest absolute Gasteiger partial charge is 0.482 e. The number of carbonyl (C=O) groups is 2. The predicted molar refractivity (Wildman–Crippen MR) is 94.0 cm³/mol. The Hall–Kier alpha value is -2.71. The molecular weight excluding hydrogens is 366 g/mol. The van der Waals surface area contributed by atoms with Crippen LogP contribution in [-0.2, 0) is 14.3 Å². The van der Waals surface area contributed by atoms with Crippen molar-refractivity contribution in [1.29, 1.82) is 0 Å². The SMILES string of the molecule is O=C(COC(=O)COc1ccc(Cl)cc1)Nc1cccc2nsnc12. The highest BCUT2D eigenvalue weighted by Crippen LogP contribution is 2.21. The molecule has 1 aromatic heterocycles. The molecule has 0 bridgehead atoms. The number of hydrogen-bond acceptors (Lipinski definition) is 7. The quantitative estimate of drug-likeness (QED) is 0.664. The summed E-state index contributed by atoms with van der Waals surface area (Å²) >= 11 is 6.81. The van der Waals surface area contributed by atoms with Gasteiger partial charge in [-0.25, -0.2) is 4.79 Å². The van der Waals surface area contributed by atoms with E-state index in [-0.39, 0.29) is 6.61 Å². The highest BCUT2D eigenvalue weighted by molar-refractivity contribution is 7.00. The number of nitrogens with one attached hydrogen (secondary N) is 1. The molecule has 0 radical (unpaired) electrons. The number of esters is 1. The van der Waals surface area contributed by atoms with Crippen molar-refractivity contribution in [2.75, 3.05) is 18.5 Å². The molecule has 0 saturated carbocycles. The minimum Gasteiger partial charge on any atom is -0.482 e. The molecule has 1 heterocycles. The van der Waals surface area contributed by atoms with Gasteiger partial charge in [-0.05, 0) is 36.4 Å². The first-order chi connectivity index (χ1) is 12.1. The third-order valence-corrected chi connectivity index (χ3v) is 3.89. The Bertz CT molecular complexity index is 898. The first kappa shape index (κ1) is 17.1. The molecule has 0 fully saturated rings. The van der Waals surface area contributed by atoms with Gasteiger partial charge in [0.2, 0.25) is 0 Å². The fourth-order valence-electron chi connectivity index (χ4n) is 1.95. The molecule has 3 rings (SSSR count). The van der Waals surface area contributed by atoms with Crippen LogP contribution < -0.4 is 10.1 Å². The average molecular weight is 378 g/mol. The maximum atomic E-state index is 11.9. The van der Waals surface area contributed by atoms with Crippen LogP contribution in [0.25, 0.3) is 11.0 Å². The van der Waals surface area contributed by atoms with Crippen LogP contribution in [-0.4, -0.2) is 33.8 Å². The summed E-state index contributed by atoms with van der Waals surface area (Å²) < 4.78 is 18.3. The second-order valence-corrected chi connectivity index (χ2v) is 5.85. The Balaban J connectivity index is 1.46. The summed E-state index contributed by atoms with van der Waals surface area (Å²) in [7, 11) is 0. The fraction of sp³-hybridized carbons (Fsp3) is 0.125. The summed E-state index contributed by atoms with van der Waals surface area (Å²) in [5, 5.41) is 3.21. The molecule has 0 aliphatic rings. The van der Waals surface area contributed by atoms with Gasteiger partial charge in [0.05, 0.1) is 17.4 Å². The summed E-state index contributed by atoms with van der Waals surface area (Å²) in [6.45, 7) is -0.725. The summed E-state index contributed by atoms with van der Waals surface area (Å²) in [6.07, 6.45) is 0. The zero-order valence-corrected chi connectivity index (χ0v) is 14.3.